The third kappa shape index (κ3) is 3.76. The number of hydrogen-bond donors (Lipinski definition) is 1. The first kappa shape index (κ1) is 14.9. The third-order valence-electron chi connectivity index (χ3n) is 3.91. The van der Waals surface area contributed by atoms with Crippen molar-refractivity contribution >= 4 is 15.9 Å². The smallest absolute Gasteiger partial charge is 0.144 e. The Morgan fingerprint density at radius 2 is 2.11 bits per heavy atom. The Labute approximate surface area is 121 Å². The molecule has 1 N–H and O–H groups in total. The van der Waals surface area contributed by atoms with E-state index in [0.29, 0.717) is 15.9 Å². The van der Waals surface area contributed by atoms with Gasteiger partial charge in [-0.1, -0.05) is 20.3 Å². The van der Waals surface area contributed by atoms with E-state index in [-0.39, 0.29) is 12.1 Å². The Hall–Kier alpha value is -0.480. The van der Waals surface area contributed by atoms with Gasteiger partial charge in [-0.05, 0) is 52.7 Å². The predicted octanol–water partition coefficient (Wildman–Crippen LogP) is 4.79. The number of rotatable bonds is 3. The van der Waals surface area contributed by atoms with Crippen LogP contribution in [0, 0.1) is 17.0 Å². The molecule has 1 aliphatic carbocycles. The fourth-order valence-corrected chi connectivity index (χ4v) is 3.22. The molecule has 0 spiro atoms. The van der Waals surface area contributed by atoms with Crippen molar-refractivity contribution in [2.24, 2.45) is 5.41 Å². The summed E-state index contributed by atoms with van der Waals surface area (Å²) >= 11 is 3.09. The van der Waals surface area contributed by atoms with E-state index in [1.165, 1.54) is 25.0 Å². The summed E-state index contributed by atoms with van der Waals surface area (Å²) in [6, 6.07) is 3.05. The SMILES string of the molecule is CC1(C)CCCC(NCc2c(F)ccc(Br)c2F)C1. The van der Waals surface area contributed by atoms with Crippen LogP contribution in [0.1, 0.15) is 45.1 Å². The third-order valence-corrected chi connectivity index (χ3v) is 4.52. The van der Waals surface area contributed by atoms with Crippen LogP contribution in [-0.2, 0) is 6.54 Å². The van der Waals surface area contributed by atoms with E-state index < -0.39 is 11.6 Å². The van der Waals surface area contributed by atoms with Crippen LogP contribution in [-0.4, -0.2) is 6.04 Å². The fraction of sp³-hybridized carbons (Fsp3) is 0.600. The van der Waals surface area contributed by atoms with E-state index >= 15 is 0 Å². The van der Waals surface area contributed by atoms with Gasteiger partial charge in [0, 0.05) is 18.2 Å². The van der Waals surface area contributed by atoms with Gasteiger partial charge in [-0.3, -0.25) is 0 Å². The Bertz CT molecular complexity index is 460. The quantitative estimate of drug-likeness (QED) is 0.785. The van der Waals surface area contributed by atoms with Crippen LogP contribution in [0.4, 0.5) is 8.78 Å². The van der Waals surface area contributed by atoms with Crippen LogP contribution in [0.3, 0.4) is 0 Å². The molecule has 1 nitrogen and oxygen atoms in total. The molecule has 1 aliphatic rings. The largest absolute Gasteiger partial charge is 0.310 e. The molecule has 0 heterocycles. The van der Waals surface area contributed by atoms with Gasteiger partial charge in [0.1, 0.15) is 11.6 Å². The second kappa shape index (κ2) is 5.88. The van der Waals surface area contributed by atoms with Crippen LogP contribution in [0.15, 0.2) is 16.6 Å². The molecule has 2 rings (SSSR count). The second-order valence-corrected chi connectivity index (χ2v) is 7.01. The second-order valence-electron chi connectivity index (χ2n) is 6.16. The van der Waals surface area contributed by atoms with Crippen LogP contribution in [0.2, 0.25) is 0 Å². The van der Waals surface area contributed by atoms with Gasteiger partial charge in [-0.15, -0.1) is 0 Å². The summed E-state index contributed by atoms with van der Waals surface area (Å²) in [6.45, 7) is 4.75. The molecule has 1 saturated carbocycles. The molecule has 0 aliphatic heterocycles. The lowest BCUT2D eigenvalue weighted by Crippen LogP contribution is -2.37. The highest BCUT2D eigenvalue weighted by Gasteiger charge is 2.27. The van der Waals surface area contributed by atoms with Gasteiger partial charge in [0.05, 0.1) is 4.47 Å². The normalized spacial score (nSPS) is 22.5. The minimum atomic E-state index is -0.498. The highest BCUT2D eigenvalue weighted by Crippen LogP contribution is 2.35. The summed E-state index contributed by atoms with van der Waals surface area (Å²) < 4.78 is 27.8. The summed E-state index contributed by atoms with van der Waals surface area (Å²) in [5.74, 6) is -0.981. The average molecular weight is 332 g/mol. The van der Waals surface area contributed by atoms with Crippen LogP contribution >= 0.6 is 15.9 Å². The van der Waals surface area contributed by atoms with Gasteiger partial charge in [-0.25, -0.2) is 8.78 Å². The number of hydrogen-bond acceptors (Lipinski definition) is 1. The predicted molar refractivity (Wildman–Crippen MR) is 76.9 cm³/mol. The van der Waals surface area contributed by atoms with E-state index in [1.54, 1.807) is 0 Å². The first-order valence-corrected chi connectivity index (χ1v) is 7.54. The van der Waals surface area contributed by atoms with E-state index in [4.69, 9.17) is 0 Å². The van der Waals surface area contributed by atoms with E-state index in [2.05, 4.69) is 35.1 Å². The summed E-state index contributed by atoms with van der Waals surface area (Å²) in [5.41, 5.74) is 0.447. The topological polar surface area (TPSA) is 12.0 Å². The zero-order chi connectivity index (χ0) is 14.0. The molecule has 1 aromatic carbocycles. The van der Waals surface area contributed by atoms with Crippen molar-refractivity contribution in [1.29, 1.82) is 0 Å². The highest BCUT2D eigenvalue weighted by atomic mass is 79.9. The van der Waals surface area contributed by atoms with Gasteiger partial charge >= 0.3 is 0 Å². The molecule has 0 aromatic heterocycles. The van der Waals surface area contributed by atoms with Crippen LogP contribution < -0.4 is 5.32 Å². The number of nitrogens with one attached hydrogen (secondary N) is 1. The Balaban J connectivity index is 2.01. The van der Waals surface area contributed by atoms with Crippen molar-refractivity contribution < 1.29 is 8.78 Å². The van der Waals surface area contributed by atoms with Crippen molar-refractivity contribution in [3.8, 4) is 0 Å². The summed E-state index contributed by atoms with van der Waals surface area (Å²) in [4.78, 5) is 0. The first-order valence-electron chi connectivity index (χ1n) is 6.75. The molecule has 1 atom stereocenters. The van der Waals surface area contributed by atoms with E-state index in [9.17, 15) is 8.78 Å². The molecule has 19 heavy (non-hydrogen) atoms. The molecular weight excluding hydrogens is 312 g/mol. The molecule has 1 fully saturated rings. The zero-order valence-corrected chi connectivity index (χ0v) is 13.0. The lowest BCUT2D eigenvalue weighted by molar-refractivity contribution is 0.197. The molecule has 0 bridgehead atoms. The van der Waals surface area contributed by atoms with Crippen molar-refractivity contribution in [1.82, 2.24) is 5.32 Å². The highest BCUT2D eigenvalue weighted by molar-refractivity contribution is 9.10. The Morgan fingerprint density at radius 1 is 1.37 bits per heavy atom. The summed E-state index contributed by atoms with van der Waals surface area (Å²) in [5, 5.41) is 3.30. The van der Waals surface area contributed by atoms with Crippen LogP contribution in [0.5, 0.6) is 0 Å². The standard InChI is InChI=1S/C15H20BrF2N/c1-15(2)7-3-4-10(8-15)19-9-11-13(17)6-5-12(16)14(11)18/h5-6,10,19H,3-4,7-9H2,1-2H3. The molecule has 0 saturated heterocycles. The van der Waals surface area contributed by atoms with Crippen molar-refractivity contribution in [3.63, 3.8) is 0 Å². The van der Waals surface area contributed by atoms with E-state index in [0.717, 1.165) is 12.8 Å². The molecule has 0 radical (unpaired) electrons. The minimum absolute atomic E-state index is 0.123. The van der Waals surface area contributed by atoms with Gasteiger partial charge in [0.2, 0.25) is 0 Å². The maximum absolute atomic E-state index is 13.8. The van der Waals surface area contributed by atoms with Gasteiger partial charge < -0.3 is 5.32 Å². The zero-order valence-electron chi connectivity index (χ0n) is 11.4. The molecule has 1 aromatic rings. The van der Waals surface area contributed by atoms with E-state index in [1.807, 2.05) is 0 Å². The maximum Gasteiger partial charge on any atom is 0.144 e. The molecule has 1 unspecified atom stereocenters. The molecule has 0 amide bonds. The Kier molecular flexibility index (Phi) is 4.62. The average Bonchev–Trinajstić information content (AvgIpc) is 2.33. The fourth-order valence-electron chi connectivity index (χ4n) is 2.85. The minimum Gasteiger partial charge on any atom is -0.310 e. The van der Waals surface area contributed by atoms with Gasteiger partial charge in [-0.2, -0.15) is 0 Å². The number of benzene rings is 1. The summed E-state index contributed by atoms with van der Waals surface area (Å²) in [6.07, 6.45) is 4.55. The number of halogens is 3. The maximum atomic E-state index is 13.8. The lowest BCUT2D eigenvalue weighted by Gasteiger charge is -2.35. The Morgan fingerprint density at radius 3 is 2.79 bits per heavy atom. The van der Waals surface area contributed by atoms with Crippen molar-refractivity contribution in [2.45, 2.75) is 52.1 Å². The lowest BCUT2D eigenvalue weighted by atomic mass is 9.75. The van der Waals surface area contributed by atoms with Gasteiger partial charge in [0.15, 0.2) is 0 Å². The molecular formula is C15H20BrF2N. The molecule has 4 heteroatoms. The molecule has 106 valence electrons. The monoisotopic (exact) mass is 331 g/mol. The summed E-state index contributed by atoms with van der Waals surface area (Å²) in [7, 11) is 0. The first-order chi connectivity index (χ1) is 8.89. The van der Waals surface area contributed by atoms with Crippen molar-refractivity contribution in [2.75, 3.05) is 0 Å². The van der Waals surface area contributed by atoms with Gasteiger partial charge in [0.25, 0.3) is 0 Å². The van der Waals surface area contributed by atoms with Crippen LogP contribution in [0.25, 0.3) is 0 Å². The van der Waals surface area contributed by atoms with Crippen molar-refractivity contribution in [3.05, 3.63) is 33.8 Å².